The molecule has 7 heteroatoms. The first-order valence-electron chi connectivity index (χ1n) is 9.32. The highest BCUT2D eigenvalue weighted by Crippen LogP contribution is 2.29. The summed E-state index contributed by atoms with van der Waals surface area (Å²) in [6.07, 6.45) is 0. The molecule has 30 heavy (non-hydrogen) atoms. The van der Waals surface area contributed by atoms with Gasteiger partial charge in [-0.2, -0.15) is 10.2 Å². The summed E-state index contributed by atoms with van der Waals surface area (Å²) < 4.78 is 17.2. The third-order valence-electron chi connectivity index (χ3n) is 4.45. The third kappa shape index (κ3) is 4.48. The molecule has 0 saturated heterocycles. The van der Waals surface area contributed by atoms with E-state index in [0.29, 0.717) is 28.2 Å². The monoisotopic (exact) mass is 419 g/mol. The zero-order valence-electron chi connectivity index (χ0n) is 16.1. The minimum absolute atomic E-state index is 0.0564. The summed E-state index contributed by atoms with van der Waals surface area (Å²) in [6, 6.07) is 22.5. The summed E-state index contributed by atoms with van der Waals surface area (Å²) in [5.74, 6) is 2.23. The first kappa shape index (κ1) is 19.6. The van der Waals surface area contributed by atoms with Gasteiger partial charge in [-0.05, 0) is 48.9 Å². The van der Waals surface area contributed by atoms with Gasteiger partial charge in [-0.25, -0.2) is 0 Å². The molecule has 2 heterocycles. The second kappa shape index (κ2) is 8.76. The van der Waals surface area contributed by atoms with Crippen LogP contribution >= 0.6 is 11.6 Å². The molecule has 0 bridgehead atoms. The van der Waals surface area contributed by atoms with Crippen molar-refractivity contribution in [3.8, 4) is 23.5 Å². The van der Waals surface area contributed by atoms with E-state index in [2.05, 4.69) is 16.4 Å². The van der Waals surface area contributed by atoms with Crippen LogP contribution < -0.4 is 10.1 Å². The highest BCUT2D eigenvalue weighted by Gasteiger charge is 2.19. The van der Waals surface area contributed by atoms with Crippen LogP contribution in [-0.2, 0) is 6.61 Å². The van der Waals surface area contributed by atoms with Crippen LogP contribution in [0.4, 0.5) is 5.88 Å². The van der Waals surface area contributed by atoms with Gasteiger partial charge in [0.2, 0.25) is 11.6 Å². The first-order valence-corrected chi connectivity index (χ1v) is 9.70. The Balaban J connectivity index is 1.47. The van der Waals surface area contributed by atoms with Crippen molar-refractivity contribution in [1.82, 2.24) is 4.98 Å². The molecule has 150 valence electrons. The molecule has 1 atom stereocenters. The maximum Gasteiger partial charge on any atom is 0.266 e. The number of nitrogens with zero attached hydrogens (tertiary/aromatic N) is 2. The molecule has 6 nitrogen and oxygen atoms in total. The normalized spacial score (nSPS) is 11.6. The van der Waals surface area contributed by atoms with Crippen LogP contribution in [0.2, 0.25) is 5.02 Å². The van der Waals surface area contributed by atoms with Crippen LogP contribution in [0.3, 0.4) is 0 Å². The average Bonchev–Trinajstić information content (AvgIpc) is 3.41. The summed E-state index contributed by atoms with van der Waals surface area (Å²) >= 11 is 5.87. The SMILES string of the molecule is C[C@@H](Nc1oc(-c2ccc(COc3ccc(Cl)cc3)o2)nc1C#N)c1ccccc1. The number of nitrogens with one attached hydrogen (secondary N) is 1. The Labute approximate surface area is 178 Å². The summed E-state index contributed by atoms with van der Waals surface area (Å²) in [5.41, 5.74) is 1.24. The zero-order valence-corrected chi connectivity index (χ0v) is 16.9. The molecular weight excluding hydrogens is 402 g/mol. The lowest BCUT2D eigenvalue weighted by Crippen LogP contribution is -2.06. The van der Waals surface area contributed by atoms with E-state index in [-0.39, 0.29) is 24.2 Å². The van der Waals surface area contributed by atoms with E-state index >= 15 is 0 Å². The Morgan fingerprint density at radius 1 is 1.07 bits per heavy atom. The predicted molar refractivity (Wildman–Crippen MR) is 113 cm³/mol. The molecule has 0 unspecified atom stereocenters. The highest BCUT2D eigenvalue weighted by atomic mass is 35.5. The molecule has 4 aromatic rings. The number of nitriles is 1. The molecule has 2 aromatic carbocycles. The van der Waals surface area contributed by atoms with Crippen LogP contribution in [0.1, 0.15) is 30.0 Å². The molecule has 4 rings (SSSR count). The molecule has 0 fully saturated rings. The molecule has 0 amide bonds. The molecule has 0 spiro atoms. The van der Waals surface area contributed by atoms with Gasteiger partial charge in [0.15, 0.2) is 5.76 Å². The molecule has 0 radical (unpaired) electrons. The van der Waals surface area contributed by atoms with Crippen molar-refractivity contribution in [3.63, 3.8) is 0 Å². The second-order valence-corrected chi connectivity index (χ2v) is 7.03. The van der Waals surface area contributed by atoms with E-state index in [0.717, 1.165) is 5.56 Å². The standard InChI is InChI=1S/C23H18ClN3O3/c1-15(16-5-3-2-4-6-16)26-22-20(13-25)27-23(30-22)21-12-11-19(29-21)14-28-18-9-7-17(24)8-10-18/h2-12,15,26H,14H2,1H3/t15-/m1/s1. The molecule has 1 N–H and O–H groups in total. The van der Waals surface area contributed by atoms with Crippen LogP contribution in [0.15, 0.2) is 75.6 Å². The van der Waals surface area contributed by atoms with Gasteiger partial charge in [0, 0.05) is 5.02 Å². The fourth-order valence-corrected chi connectivity index (χ4v) is 3.00. The van der Waals surface area contributed by atoms with E-state index in [1.807, 2.05) is 37.3 Å². The minimum Gasteiger partial charge on any atom is -0.486 e. The van der Waals surface area contributed by atoms with Crippen molar-refractivity contribution in [2.45, 2.75) is 19.6 Å². The first-order chi connectivity index (χ1) is 14.6. The van der Waals surface area contributed by atoms with Gasteiger partial charge in [0.25, 0.3) is 5.89 Å². The van der Waals surface area contributed by atoms with Crippen molar-refractivity contribution < 1.29 is 13.6 Å². The van der Waals surface area contributed by atoms with E-state index in [9.17, 15) is 5.26 Å². The number of furan rings is 1. The highest BCUT2D eigenvalue weighted by molar-refractivity contribution is 6.30. The van der Waals surface area contributed by atoms with Crippen molar-refractivity contribution in [3.05, 3.63) is 88.8 Å². The Morgan fingerprint density at radius 2 is 1.83 bits per heavy atom. The predicted octanol–water partition coefficient (Wildman–Crippen LogP) is 6.21. The summed E-state index contributed by atoms with van der Waals surface area (Å²) in [6.45, 7) is 2.22. The maximum atomic E-state index is 9.42. The molecule has 0 aliphatic carbocycles. The number of benzene rings is 2. The molecule has 2 aromatic heterocycles. The fraction of sp³-hybridized carbons (Fsp3) is 0.130. The second-order valence-electron chi connectivity index (χ2n) is 6.59. The van der Waals surface area contributed by atoms with Crippen molar-refractivity contribution in [2.24, 2.45) is 0 Å². The topological polar surface area (TPSA) is 84.2 Å². The number of anilines is 1. The van der Waals surface area contributed by atoms with Gasteiger partial charge >= 0.3 is 0 Å². The summed E-state index contributed by atoms with van der Waals surface area (Å²) in [7, 11) is 0. The van der Waals surface area contributed by atoms with Gasteiger partial charge in [0.1, 0.15) is 24.2 Å². The van der Waals surface area contributed by atoms with E-state index in [1.54, 1.807) is 36.4 Å². The van der Waals surface area contributed by atoms with Gasteiger partial charge in [-0.3, -0.25) is 0 Å². The Bertz CT molecular complexity index is 1160. The van der Waals surface area contributed by atoms with E-state index in [1.165, 1.54) is 0 Å². The Morgan fingerprint density at radius 3 is 2.57 bits per heavy atom. The number of hydrogen-bond acceptors (Lipinski definition) is 6. The molecule has 0 aliphatic heterocycles. The quantitative estimate of drug-likeness (QED) is 0.383. The number of oxazole rings is 1. The van der Waals surface area contributed by atoms with Crippen molar-refractivity contribution in [2.75, 3.05) is 5.32 Å². The summed E-state index contributed by atoms with van der Waals surface area (Å²) in [5, 5.41) is 13.3. The molecule has 0 saturated carbocycles. The molecule has 0 aliphatic rings. The van der Waals surface area contributed by atoms with Crippen LogP contribution in [0, 0.1) is 11.3 Å². The van der Waals surface area contributed by atoms with Crippen LogP contribution in [0.25, 0.3) is 11.7 Å². The van der Waals surface area contributed by atoms with Crippen molar-refractivity contribution >= 4 is 17.5 Å². The lowest BCUT2D eigenvalue weighted by atomic mass is 10.1. The van der Waals surface area contributed by atoms with Gasteiger partial charge < -0.3 is 18.9 Å². The van der Waals surface area contributed by atoms with Crippen molar-refractivity contribution in [1.29, 1.82) is 5.26 Å². The van der Waals surface area contributed by atoms with E-state index < -0.39 is 0 Å². The maximum absolute atomic E-state index is 9.42. The Kier molecular flexibility index (Phi) is 5.73. The lowest BCUT2D eigenvalue weighted by Gasteiger charge is -2.12. The largest absolute Gasteiger partial charge is 0.486 e. The number of aromatic nitrogens is 1. The zero-order chi connectivity index (χ0) is 20.9. The minimum atomic E-state index is -0.0564. The van der Waals surface area contributed by atoms with Gasteiger partial charge in [-0.1, -0.05) is 41.9 Å². The van der Waals surface area contributed by atoms with Crippen LogP contribution in [0.5, 0.6) is 5.75 Å². The van der Waals surface area contributed by atoms with Gasteiger partial charge in [-0.15, -0.1) is 0 Å². The molecular formula is C23H18ClN3O3. The smallest absolute Gasteiger partial charge is 0.266 e. The number of hydrogen-bond donors (Lipinski definition) is 1. The van der Waals surface area contributed by atoms with Gasteiger partial charge in [0.05, 0.1) is 6.04 Å². The fourth-order valence-electron chi connectivity index (χ4n) is 2.88. The van der Waals surface area contributed by atoms with Crippen LogP contribution in [-0.4, -0.2) is 4.98 Å². The number of halogens is 1. The number of rotatable bonds is 7. The average molecular weight is 420 g/mol. The number of ether oxygens (including phenoxy) is 1. The summed E-state index contributed by atoms with van der Waals surface area (Å²) in [4.78, 5) is 4.25. The third-order valence-corrected chi connectivity index (χ3v) is 4.70. The lowest BCUT2D eigenvalue weighted by molar-refractivity contribution is 0.271. The Hall–Kier alpha value is -3.69. The van der Waals surface area contributed by atoms with E-state index in [4.69, 9.17) is 25.2 Å².